The Morgan fingerprint density at radius 2 is 2.00 bits per heavy atom. The van der Waals surface area contributed by atoms with Crippen molar-refractivity contribution in [3.8, 4) is 0 Å². The molecule has 0 saturated heterocycles. The van der Waals surface area contributed by atoms with E-state index in [-0.39, 0.29) is 10.8 Å². The van der Waals surface area contributed by atoms with Crippen molar-refractivity contribution in [3.63, 3.8) is 0 Å². The summed E-state index contributed by atoms with van der Waals surface area (Å²) < 4.78 is 23.7. The molecular formula is C11H12N2O4S2. The molecule has 1 heterocycles. The van der Waals surface area contributed by atoms with Crippen LogP contribution in [0.25, 0.3) is 0 Å². The highest BCUT2D eigenvalue weighted by Crippen LogP contribution is 2.15. The van der Waals surface area contributed by atoms with Crippen LogP contribution in [0.1, 0.15) is 11.3 Å². The molecule has 1 aromatic heterocycles. The molecular weight excluding hydrogens is 288 g/mol. The Balaban J connectivity index is 2.03. The van der Waals surface area contributed by atoms with Crippen LogP contribution in [0.5, 0.6) is 0 Å². The molecule has 19 heavy (non-hydrogen) atoms. The lowest BCUT2D eigenvalue weighted by Gasteiger charge is -2.06. The summed E-state index contributed by atoms with van der Waals surface area (Å²) >= 11 is 0.626. The van der Waals surface area contributed by atoms with Crippen molar-refractivity contribution in [2.24, 2.45) is 0 Å². The molecule has 0 aliphatic heterocycles. The fourth-order valence-corrected chi connectivity index (χ4v) is 3.54. The minimum Gasteiger partial charge on any atom is -0.315 e. The lowest BCUT2D eigenvalue weighted by Crippen LogP contribution is -2.23. The van der Waals surface area contributed by atoms with Gasteiger partial charge in [-0.2, -0.15) is 0 Å². The van der Waals surface area contributed by atoms with Crippen molar-refractivity contribution in [2.75, 3.05) is 0 Å². The number of rotatable bonds is 5. The summed E-state index contributed by atoms with van der Waals surface area (Å²) in [6, 6.07) is 9.14. The maximum Gasteiger partial charge on any atom is 0.305 e. The molecule has 0 bridgehead atoms. The predicted octanol–water partition coefficient (Wildman–Crippen LogP) is 1.15. The van der Waals surface area contributed by atoms with Crippen LogP contribution in [0.2, 0.25) is 0 Å². The largest absolute Gasteiger partial charge is 0.315 e. The van der Waals surface area contributed by atoms with Crippen LogP contribution in [0.3, 0.4) is 0 Å². The summed E-state index contributed by atoms with van der Waals surface area (Å²) in [6.07, 6.45) is 0. The number of aryl methyl sites for hydroxylation is 1. The first-order chi connectivity index (χ1) is 8.99. The molecule has 0 spiro atoms. The quantitative estimate of drug-likeness (QED) is 0.811. The number of hydrogen-bond acceptors (Lipinski definition) is 5. The van der Waals surface area contributed by atoms with Gasteiger partial charge in [0.25, 0.3) is 10.0 Å². The van der Waals surface area contributed by atoms with E-state index >= 15 is 0 Å². The molecule has 102 valence electrons. The third-order valence-electron chi connectivity index (χ3n) is 2.28. The number of benzene rings is 1. The molecule has 1 aromatic carbocycles. The van der Waals surface area contributed by atoms with E-state index in [1.807, 2.05) is 35.2 Å². The van der Waals surface area contributed by atoms with Crippen LogP contribution >= 0.6 is 11.3 Å². The molecule has 2 rings (SSSR count). The van der Waals surface area contributed by atoms with E-state index in [0.29, 0.717) is 17.0 Å². The van der Waals surface area contributed by atoms with Gasteiger partial charge in [-0.25, -0.2) is 8.42 Å². The van der Waals surface area contributed by atoms with Crippen LogP contribution < -0.4 is 9.76 Å². The lowest BCUT2D eigenvalue weighted by molar-refractivity contribution is 0.0796. The first kappa shape index (κ1) is 13.9. The zero-order chi connectivity index (χ0) is 13.9. The van der Waals surface area contributed by atoms with Gasteiger partial charge < -0.3 is 4.98 Å². The fraction of sp³-hybridized carbons (Fsp3) is 0.182. The van der Waals surface area contributed by atoms with Crippen molar-refractivity contribution in [1.82, 2.24) is 9.87 Å². The van der Waals surface area contributed by atoms with E-state index in [4.69, 9.17) is 4.84 Å². The number of nitrogens with one attached hydrogen (secondary N) is 2. The second-order valence-corrected chi connectivity index (χ2v) is 6.61. The Bertz CT molecular complexity index is 704. The Kier molecular flexibility index (Phi) is 4.15. The Labute approximate surface area is 114 Å². The van der Waals surface area contributed by atoms with Gasteiger partial charge in [0.05, 0.1) is 6.61 Å². The van der Waals surface area contributed by atoms with E-state index < -0.39 is 14.9 Å². The summed E-state index contributed by atoms with van der Waals surface area (Å²) in [5.41, 5.74) is 1.13. The summed E-state index contributed by atoms with van der Waals surface area (Å²) in [5.74, 6) is 0. The standard InChI is InChI=1S/C11H12N2O4S2/c1-8-10(18-11(14)12-8)19(15,16)13-17-7-9-5-3-2-4-6-9/h2-6,13H,7H2,1H3,(H,12,14). The van der Waals surface area contributed by atoms with Crippen molar-refractivity contribution in [1.29, 1.82) is 0 Å². The highest BCUT2D eigenvalue weighted by Gasteiger charge is 2.20. The predicted molar refractivity (Wildman–Crippen MR) is 71.2 cm³/mol. The van der Waals surface area contributed by atoms with Crippen LogP contribution in [0.4, 0.5) is 0 Å². The number of aromatic nitrogens is 1. The minimum absolute atomic E-state index is 0.0643. The Morgan fingerprint density at radius 3 is 2.58 bits per heavy atom. The van der Waals surface area contributed by atoms with Crippen LogP contribution in [0, 0.1) is 6.92 Å². The maximum atomic E-state index is 11.9. The average molecular weight is 300 g/mol. The number of sulfonamides is 1. The van der Waals surface area contributed by atoms with Crippen LogP contribution in [-0.4, -0.2) is 13.4 Å². The van der Waals surface area contributed by atoms with Crippen molar-refractivity contribution < 1.29 is 13.3 Å². The van der Waals surface area contributed by atoms with Gasteiger partial charge in [-0.15, -0.1) is 0 Å². The molecule has 2 N–H and O–H groups in total. The van der Waals surface area contributed by atoms with Gasteiger partial charge >= 0.3 is 4.87 Å². The van der Waals surface area contributed by atoms with Crippen molar-refractivity contribution in [2.45, 2.75) is 17.7 Å². The first-order valence-corrected chi connectivity index (χ1v) is 7.66. The molecule has 0 aliphatic rings. The zero-order valence-corrected chi connectivity index (χ0v) is 11.7. The molecule has 0 amide bonds. The van der Waals surface area contributed by atoms with E-state index in [0.717, 1.165) is 5.56 Å². The van der Waals surface area contributed by atoms with E-state index in [2.05, 4.69) is 4.98 Å². The SMILES string of the molecule is Cc1[nH]c(=O)sc1S(=O)(=O)NOCc1ccccc1. The summed E-state index contributed by atoms with van der Waals surface area (Å²) in [5, 5.41) is 0. The molecule has 0 saturated carbocycles. The van der Waals surface area contributed by atoms with Gasteiger partial charge in [-0.1, -0.05) is 46.6 Å². The van der Waals surface area contributed by atoms with Gasteiger partial charge in [0.15, 0.2) is 4.21 Å². The third kappa shape index (κ3) is 3.51. The van der Waals surface area contributed by atoms with Gasteiger partial charge in [0, 0.05) is 5.69 Å². The van der Waals surface area contributed by atoms with Gasteiger partial charge in [-0.3, -0.25) is 9.63 Å². The molecule has 2 aromatic rings. The molecule has 8 heteroatoms. The van der Waals surface area contributed by atoms with Gasteiger partial charge in [0.1, 0.15) is 0 Å². The van der Waals surface area contributed by atoms with Crippen LogP contribution in [0.15, 0.2) is 39.3 Å². The van der Waals surface area contributed by atoms with Gasteiger partial charge in [0.2, 0.25) is 0 Å². The molecule has 0 radical (unpaired) electrons. The number of H-pyrrole nitrogens is 1. The monoisotopic (exact) mass is 300 g/mol. The number of hydrogen-bond donors (Lipinski definition) is 2. The average Bonchev–Trinajstić information content (AvgIpc) is 2.70. The molecule has 0 unspecified atom stereocenters. The summed E-state index contributed by atoms with van der Waals surface area (Å²) in [4.78, 5) is 20.0. The normalized spacial score (nSPS) is 11.6. The Hall–Kier alpha value is -1.48. The molecule has 6 nitrogen and oxygen atoms in total. The third-order valence-corrected chi connectivity index (χ3v) is 5.09. The molecule has 0 atom stereocenters. The second-order valence-electron chi connectivity index (χ2n) is 3.79. The summed E-state index contributed by atoms with van der Waals surface area (Å²) in [7, 11) is -3.83. The van der Waals surface area contributed by atoms with E-state index in [1.54, 1.807) is 0 Å². The maximum absolute atomic E-state index is 11.9. The van der Waals surface area contributed by atoms with Crippen molar-refractivity contribution >= 4 is 21.4 Å². The molecule has 0 fully saturated rings. The lowest BCUT2D eigenvalue weighted by atomic mass is 10.2. The molecule has 0 aliphatic carbocycles. The smallest absolute Gasteiger partial charge is 0.305 e. The topological polar surface area (TPSA) is 88.3 Å². The first-order valence-electron chi connectivity index (χ1n) is 5.36. The number of thiazole rings is 1. The highest BCUT2D eigenvalue weighted by molar-refractivity contribution is 7.91. The minimum atomic E-state index is -3.83. The van der Waals surface area contributed by atoms with E-state index in [9.17, 15) is 13.2 Å². The second kappa shape index (κ2) is 5.66. The highest BCUT2D eigenvalue weighted by atomic mass is 32.2. The van der Waals surface area contributed by atoms with E-state index in [1.165, 1.54) is 6.92 Å². The zero-order valence-electron chi connectivity index (χ0n) is 10.0. The van der Waals surface area contributed by atoms with Crippen LogP contribution in [-0.2, 0) is 21.5 Å². The van der Waals surface area contributed by atoms with Crippen molar-refractivity contribution in [3.05, 3.63) is 51.3 Å². The number of aromatic amines is 1. The van der Waals surface area contributed by atoms with Gasteiger partial charge in [-0.05, 0) is 12.5 Å². The Morgan fingerprint density at radius 1 is 1.32 bits per heavy atom. The summed E-state index contributed by atoms with van der Waals surface area (Å²) in [6.45, 7) is 1.63. The fourth-order valence-electron chi connectivity index (χ4n) is 1.45.